The van der Waals surface area contributed by atoms with Crippen LogP contribution in [0.15, 0.2) is 36.4 Å². The van der Waals surface area contributed by atoms with Crippen LogP contribution in [0.1, 0.15) is 21.5 Å². The minimum Gasteiger partial charge on any atom is -0.497 e. The molecule has 0 unspecified atom stereocenters. The minimum absolute atomic E-state index is 0.107. The molecule has 5 nitrogen and oxygen atoms in total. The highest BCUT2D eigenvalue weighted by atomic mass is 16.6. The summed E-state index contributed by atoms with van der Waals surface area (Å²) in [5, 5.41) is 2.94. The summed E-state index contributed by atoms with van der Waals surface area (Å²) in [5.74, 6) is 2.14. The fourth-order valence-electron chi connectivity index (χ4n) is 2.68. The lowest BCUT2D eigenvalue weighted by molar-refractivity contribution is 0.0953. The van der Waals surface area contributed by atoms with E-state index in [4.69, 9.17) is 14.2 Å². The molecule has 0 saturated carbocycles. The zero-order valence-corrected chi connectivity index (χ0v) is 13.9. The van der Waals surface area contributed by atoms with Crippen molar-refractivity contribution in [2.45, 2.75) is 13.3 Å². The number of amides is 1. The summed E-state index contributed by atoms with van der Waals surface area (Å²) in [6.07, 6.45) is 0.734. The maximum Gasteiger partial charge on any atom is 0.251 e. The van der Waals surface area contributed by atoms with E-state index in [1.54, 1.807) is 25.3 Å². The number of fused-ring (bicyclic) bond motifs is 1. The average Bonchev–Trinajstić information content (AvgIpc) is 2.62. The third-order valence-corrected chi connectivity index (χ3v) is 4.01. The second-order valence-electron chi connectivity index (χ2n) is 5.66. The van der Waals surface area contributed by atoms with Crippen molar-refractivity contribution < 1.29 is 19.0 Å². The van der Waals surface area contributed by atoms with E-state index in [1.807, 2.05) is 25.1 Å². The molecule has 0 saturated heterocycles. The maximum absolute atomic E-state index is 12.2. The Balaban J connectivity index is 1.61. The van der Waals surface area contributed by atoms with Gasteiger partial charge < -0.3 is 19.5 Å². The first-order valence-electron chi connectivity index (χ1n) is 7.99. The lowest BCUT2D eigenvalue weighted by Crippen LogP contribution is -2.26. The lowest BCUT2D eigenvalue weighted by atomic mass is 10.0. The fourth-order valence-corrected chi connectivity index (χ4v) is 2.68. The highest BCUT2D eigenvalue weighted by Crippen LogP contribution is 2.33. The molecule has 5 heteroatoms. The number of ether oxygens (including phenoxy) is 3. The SMILES string of the molecule is COc1cccc(C(=O)NCCc2cc3c(cc2C)OCCO3)c1. The number of benzene rings is 2. The number of hydrogen-bond acceptors (Lipinski definition) is 4. The van der Waals surface area contributed by atoms with Gasteiger partial charge in [0.05, 0.1) is 7.11 Å². The van der Waals surface area contributed by atoms with Gasteiger partial charge in [-0.05, 0) is 54.8 Å². The number of aryl methyl sites for hydroxylation is 1. The van der Waals surface area contributed by atoms with E-state index in [0.29, 0.717) is 31.1 Å². The molecule has 0 aliphatic carbocycles. The van der Waals surface area contributed by atoms with Gasteiger partial charge in [-0.3, -0.25) is 4.79 Å². The molecule has 0 spiro atoms. The molecular formula is C19H21NO4. The molecule has 0 fully saturated rings. The molecule has 3 rings (SSSR count). The van der Waals surface area contributed by atoms with Crippen LogP contribution in [0.25, 0.3) is 0 Å². The molecule has 2 aromatic rings. The number of nitrogens with one attached hydrogen (secondary N) is 1. The average molecular weight is 327 g/mol. The predicted molar refractivity (Wildman–Crippen MR) is 91.2 cm³/mol. The summed E-state index contributed by atoms with van der Waals surface area (Å²) in [6, 6.07) is 11.1. The summed E-state index contributed by atoms with van der Waals surface area (Å²) < 4.78 is 16.3. The van der Waals surface area contributed by atoms with Crippen LogP contribution in [0, 0.1) is 6.92 Å². The molecule has 0 bridgehead atoms. The van der Waals surface area contributed by atoms with Crippen molar-refractivity contribution in [2.75, 3.05) is 26.9 Å². The molecule has 1 N–H and O–H groups in total. The van der Waals surface area contributed by atoms with E-state index in [-0.39, 0.29) is 5.91 Å². The summed E-state index contributed by atoms with van der Waals surface area (Å²) in [7, 11) is 1.58. The summed E-state index contributed by atoms with van der Waals surface area (Å²) in [4.78, 5) is 12.2. The number of hydrogen-bond donors (Lipinski definition) is 1. The Morgan fingerprint density at radius 1 is 1.17 bits per heavy atom. The second-order valence-corrected chi connectivity index (χ2v) is 5.66. The van der Waals surface area contributed by atoms with Gasteiger partial charge in [0.1, 0.15) is 19.0 Å². The zero-order valence-electron chi connectivity index (χ0n) is 13.9. The molecule has 0 aromatic heterocycles. The standard InChI is InChI=1S/C19H21NO4/c1-13-10-17-18(24-9-8-23-17)12-14(13)6-7-20-19(21)15-4-3-5-16(11-15)22-2/h3-5,10-12H,6-9H2,1-2H3,(H,20,21). The second kappa shape index (κ2) is 7.25. The number of methoxy groups -OCH3 is 1. The Morgan fingerprint density at radius 3 is 2.67 bits per heavy atom. The first kappa shape index (κ1) is 16.2. The lowest BCUT2D eigenvalue weighted by Gasteiger charge is -2.20. The van der Waals surface area contributed by atoms with E-state index < -0.39 is 0 Å². The molecule has 1 aliphatic heterocycles. The molecule has 1 amide bonds. The van der Waals surface area contributed by atoms with Gasteiger partial charge in [-0.2, -0.15) is 0 Å². The third-order valence-electron chi connectivity index (χ3n) is 4.01. The largest absolute Gasteiger partial charge is 0.497 e. The van der Waals surface area contributed by atoms with Crippen LogP contribution in [-0.2, 0) is 6.42 Å². The summed E-state index contributed by atoms with van der Waals surface area (Å²) in [6.45, 7) is 3.75. The Morgan fingerprint density at radius 2 is 1.92 bits per heavy atom. The number of rotatable bonds is 5. The molecule has 1 heterocycles. The van der Waals surface area contributed by atoms with Gasteiger partial charge in [0.25, 0.3) is 5.91 Å². The van der Waals surface area contributed by atoms with Crippen LogP contribution in [0.2, 0.25) is 0 Å². The Bertz CT molecular complexity index is 742. The highest BCUT2D eigenvalue weighted by molar-refractivity contribution is 5.94. The molecule has 0 radical (unpaired) electrons. The van der Waals surface area contributed by atoms with Crippen molar-refractivity contribution in [1.82, 2.24) is 5.32 Å². The quantitative estimate of drug-likeness (QED) is 0.917. The van der Waals surface area contributed by atoms with Gasteiger partial charge in [0, 0.05) is 12.1 Å². The van der Waals surface area contributed by atoms with Crippen molar-refractivity contribution >= 4 is 5.91 Å². The molecule has 0 atom stereocenters. The molecule has 2 aromatic carbocycles. The van der Waals surface area contributed by atoms with Crippen LogP contribution in [0.5, 0.6) is 17.2 Å². The van der Waals surface area contributed by atoms with Crippen molar-refractivity contribution in [3.63, 3.8) is 0 Å². The Labute approximate surface area is 141 Å². The third kappa shape index (κ3) is 3.62. The Hall–Kier alpha value is -2.69. The monoisotopic (exact) mass is 327 g/mol. The minimum atomic E-state index is -0.107. The maximum atomic E-state index is 12.2. The van der Waals surface area contributed by atoms with Gasteiger partial charge in [0.15, 0.2) is 11.5 Å². The predicted octanol–water partition coefficient (Wildman–Crippen LogP) is 2.75. The zero-order chi connectivity index (χ0) is 16.9. The summed E-state index contributed by atoms with van der Waals surface area (Å²) >= 11 is 0. The van der Waals surface area contributed by atoms with E-state index in [1.165, 1.54) is 0 Å². The van der Waals surface area contributed by atoms with Gasteiger partial charge in [-0.1, -0.05) is 6.07 Å². The first-order valence-corrected chi connectivity index (χ1v) is 7.99. The van der Waals surface area contributed by atoms with Gasteiger partial charge in [-0.15, -0.1) is 0 Å². The highest BCUT2D eigenvalue weighted by Gasteiger charge is 2.14. The van der Waals surface area contributed by atoms with E-state index in [2.05, 4.69) is 5.32 Å². The normalized spacial score (nSPS) is 12.6. The molecule has 24 heavy (non-hydrogen) atoms. The first-order chi connectivity index (χ1) is 11.7. The van der Waals surface area contributed by atoms with Crippen molar-refractivity contribution in [3.05, 3.63) is 53.1 Å². The fraction of sp³-hybridized carbons (Fsp3) is 0.316. The van der Waals surface area contributed by atoms with E-state index in [0.717, 1.165) is 29.0 Å². The van der Waals surface area contributed by atoms with Crippen LogP contribution >= 0.6 is 0 Å². The van der Waals surface area contributed by atoms with Crippen molar-refractivity contribution in [3.8, 4) is 17.2 Å². The molecule has 1 aliphatic rings. The Kier molecular flexibility index (Phi) is 4.89. The van der Waals surface area contributed by atoms with Crippen LogP contribution in [-0.4, -0.2) is 32.8 Å². The van der Waals surface area contributed by atoms with Gasteiger partial charge in [0.2, 0.25) is 0 Å². The van der Waals surface area contributed by atoms with E-state index >= 15 is 0 Å². The van der Waals surface area contributed by atoms with Crippen LogP contribution in [0.3, 0.4) is 0 Å². The van der Waals surface area contributed by atoms with Gasteiger partial charge in [-0.25, -0.2) is 0 Å². The molecule has 126 valence electrons. The van der Waals surface area contributed by atoms with E-state index in [9.17, 15) is 4.79 Å². The number of carbonyl (C=O) groups excluding carboxylic acids is 1. The van der Waals surface area contributed by atoms with Crippen LogP contribution in [0.4, 0.5) is 0 Å². The topological polar surface area (TPSA) is 56.8 Å². The smallest absolute Gasteiger partial charge is 0.251 e. The van der Waals surface area contributed by atoms with Gasteiger partial charge >= 0.3 is 0 Å². The van der Waals surface area contributed by atoms with Crippen molar-refractivity contribution in [2.24, 2.45) is 0 Å². The summed E-state index contributed by atoms with van der Waals surface area (Å²) in [5.41, 5.74) is 2.87. The number of carbonyl (C=O) groups is 1. The molecular weight excluding hydrogens is 306 g/mol. The van der Waals surface area contributed by atoms with Crippen molar-refractivity contribution in [1.29, 1.82) is 0 Å². The van der Waals surface area contributed by atoms with Crippen LogP contribution < -0.4 is 19.5 Å².